The quantitative estimate of drug-likeness (QED) is 0.107. The molecule has 0 spiro atoms. The maximum Gasteiger partial charge on any atom is 0.339 e. The van der Waals surface area contributed by atoms with Gasteiger partial charge >= 0.3 is 11.9 Å². The Hall–Kier alpha value is -6.43. The van der Waals surface area contributed by atoms with E-state index in [1.807, 2.05) is 0 Å². The number of fused-ring (bicyclic) bond motifs is 5. The number of carbonyl (C=O) groups excluding carboxylic acids is 3. The first kappa shape index (κ1) is 36.9. The molecular formula is C38H34O17. The number of phenols is 7. The van der Waals surface area contributed by atoms with Gasteiger partial charge in [0.05, 0.1) is 24.7 Å². The minimum absolute atomic E-state index is 0.0122. The molecule has 3 heterocycles. The molecule has 0 aliphatic carbocycles. The summed E-state index contributed by atoms with van der Waals surface area (Å²) < 4.78 is 28.7. The molecule has 0 aromatic heterocycles. The second kappa shape index (κ2) is 13.5. The molecule has 0 radical (unpaired) electrons. The Morgan fingerprint density at radius 1 is 0.691 bits per heavy atom. The van der Waals surface area contributed by atoms with Crippen molar-refractivity contribution in [2.75, 3.05) is 13.7 Å². The van der Waals surface area contributed by atoms with E-state index >= 15 is 0 Å². The van der Waals surface area contributed by atoms with E-state index in [9.17, 15) is 60.3 Å². The van der Waals surface area contributed by atoms with Crippen LogP contribution in [0.5, 0.6) is 51.7 Å². The monoisotopic (exact) mass is 762 g/mol. The number of ketones is 1. The number of aliphatic hydroxyl groups is 2. The number of benzene rings is 4. The number of esters is 2. The van der Waals surface area contributed by atoms with Gasteiger partial charge in [0, 0.05) is 11.1 Å². The van der Waals surface area contributed by atoms with Gasteiger partial charge in [-0.15, -0.1) is 0 Å². The second-order valence-corrected chi connectivity index (χ2v) is 13.3. The molecule has 3 aliphatic heterocycles. The van der Waals surface area contributed by atoms with Gasteiger partial charge in [-0.2, -0.15) is 0 Å². The minimum atomic E-state index is -2.02. The smallest absolute Gasteiger partial charge is 0.339 e. The lowest BCUT2D eigenvalue weighted by molar-refractivity contribution is -0.231. The number of rotatable bonds is 3. The van der Waals surface area contributed by atoms with Crippen LogP contribution in [0.3, 0.4) is 0 Å². The molecule has 1 saturated heterocycles. The van der Waals surface area contributed by atoms with Gasteiger partial charge in [-0.3, -0.25) is 4.79 Å². The summed E-state index contributed by atoms with van der Waals surface area (Å²) in [4.78, 5) is 40.9. The Morgan fingerprint density at radius 3 is 1.85 bits per heavy atom. The average molecular weight is 763 g/mol. The first-order chi connectivity index (χ1) is 26.0. The lowest BCUT2D eigenvalue weighted by Crippen LogP contribution is -2.57. The van der Waals surface area contributed by atoms with Crippen LogP contribution in [-0.4, -0.2) is 102 Å². The van der Waals surface area contributed by atoms with Crippen LogP contribution in [0.4, 0.5) is 0 Å². The van der Waals surface area contributed by atoms with E-state index in [1.54, 1.807) is 31.2 Å². The van der Waals surface area contributed by atoms with Crippen molar-refractivity contribution in [2.45, 2.75) is 56.9 Å². The van der Waals surface area contributed by atoms with Crippen LogP contribution in [0.25, 0.3) is 11.1 Å². The Balaban J connectivity index is 1.31. The maximum absolute atomic E-state index is 13.8. The first-order valence-corrected chi connectivity index (χ1v) is 16.7. The fraction of sp³-hybridized carbons (Fsp3) is 0.289. The molecule has 0 saturated carbocycles. The zero-order valence-corrected chi connectivity index (χ0v) is 29.1. The summed E-state index contributed by atoms with van der Waals surface area (Å²) in [6, 6.07) is 8.07. The number of phenolic OH excluding ortho intramolecular Hbond substituents is 7. The Labute approximate surface area is 310 Å². The molecule has 0 unspecified atom stereocenters. The topological polar surface area (TPSA) is 279 Å². The van der Waals surface area contributed by atoms with Crippen LogP contribution < -0.4 is 9.47 Å². The van der Waals surface area contributed by atoms with Crippen LogP contribution in [0.1, 0.15) is 72.0 Å². The van der Waals surface area contributed by atoms with E-state index in [2.05, 4.69) is 0 Å². The average Bonchev–Trinajstić information content (AvgIpc) is 3.18. The van der Waals surface area contributed by atoms with Crippen LogP contribution in [0, 0.1) is 13.8 Å². The highest BCUT2D eigenvalue weighted by Crippen LogP contribution is 2.54. The van der Waals surface area contributed by atoms with Crippen molar-refractivity contribution in [1.29, 1.82) is 0 Å². The molecule has 4 aromatic carbocycles. The number of Topliss-reactive ketones (excluding diaryl/α,β-unsaturated/α-hetero) is 1. The first-order valence-electron chi connectivity index (χ1n) is 16.7. The van der Waals surface area contributed by atoms with Gasteiger partial charge in [0.25, 0.3) is 0 Å². The van der Waals surface area contributed by atoms with Gasteiger partial charge in [0.15, 0.2) is 34.9 Å². The molecule has 1 fully saturated rings. The van der Waals surface area contributed by atoms with Gasteiger partial charge in [-0.05, 0) is 60.4 Å². The maximum atomic E-state index is 13.8. The number of hydrogen-bond acceptors (Lipinski definition) is 17. The van der Waals surface area contributed by atoms with Gasteiger partial charge in [0.2, 0.25) is 11.5 Å². The zero-order chi connectivity index (χ0) is 39.8. The summed E-state index contributed by atoms with van der Waals surface area (Å²) in [6.07, 6.45) is -9.85. The summed E-state index contributed by atoms with van der Waals surface area (Å²) in [5.41, 5.74) is -2.28. The van der Waals surface area contributed by atoms with Crippen molar-refractivity contribution in [3.8, 4) is 62.9 Å². The normalized spacial score (nSPS) is 23.5. The molecule has 17 nitrogen and oxygen atoms in total. The Kier molecular flexibility index (Phi) is 9.03. The zero-order valence-electron chi connectivity index (χ0n) is 29.1. The molecule has 17 heteroatoms. The molecular weight excluding hydrogens is 728 g/mol. The number of ether oxygens (including phenoxy) is 5. The number of aromatic hydroxyl groups is 7. The van der Waals surface area contributed by atoms with Crippen LogP contribution in [-0.2, 0) is 14.2 Å². The third kappa shape index (κ3) is 5.79. The number of cyclic esters (lactones) is 1. The lowest BCUT2D eigenvalue weighted by Gasteiger charge is -2.43. The molecule has 0 amide bonds. The fourth-order valence-electron chi connectivity index (χ4n) is 7.30. The molecule has 4 aromatic rings. The number of methoxy groups -OCH3 is 1. The van der Waals surface area contributed by atoms with E-state index in [4.69, 9.17) is 23.7 Å². The van der Waals surface area contributed by atoms with Crippen LogP contribution in [0.2, 0.25) is 0 Å². The van der Waals surface area contributed by atoms with Crippen LogP contribution in [0.15, 0.2) is 36.4 Å². The Bertz CT molecular complexity index is 2280. The standard InChI is InChI=1S/C38H34O17/c1-12-23(13(2)34-26(27(12)42)18(39)10-21(53-34)14-4-6-15(51-3)7-5-14)36-33(48)32(47)35-22(54-36)11-52-37(49)16-8-19(40)28(43)30(45)24(16)25-17(38(50)55-35)9-20(41)29(44)31(25)46/h4-9,21-22,32-33,35-36,40-48H,10-11H2,1-3H3/t21-,22+,32+,33+,35+,36-/m0/s1. The summed E-state index contributed by atoms with van der Waals surface area (Å²) in [5, 5.41) is 97.4. The van der Waals surface area contributed by atoms with E-state index in [-0.39, 0.29) is 34.4 Å². The third-order valence-corrected chi connectivity index (χ3v) is 10.2. The van der Waals surface area contributed by atoms with E-state index in [0.29, 0.717) is 23.4 Å². The van der Waals surface area contributed by atoms with E-state index in [1.165, 1.54) is 14.0 Å². The van der Waals surface area contributed by atoms with Crippen molar-refractivity contribution in [3.05, 3.63) is 75.3 Å². The number of aliphatic hydroxyl groups excluding tert-OH is 2. The second-order valence-electron chi connectivity index (χ2n) is 13.3. The van der Waals surface area contributed by atoms with Crippen molar-refractivity contribution in [1.82, 2.24) is 0 Å². The largest absolute Gasteiger partial charge is 0.507 e. The number of hydrogen-bond donors (Lipinski definition) is 9. The predicted octanol–water partition coefficient (Wildman–Crippen LogP) is 3.18. The molecule has 3 aliphatic rings. The molecule has 288 valence electrons. The van der Waals surface area contributed by atoms with E-state index < -0.39 is 123 Å². The van der Waals surface area contributed by atoms with Gasteiger partial charge in [0.1, 0.15) is 59.9 Å². The van der Waals surface area contributed by atoms with Gasteiger partial charge < -0.3 is 69.6 Å². The SMILES string of the molecule is COc1ccc([C@@H]2CC(=O)c3c(O)c(C)c([C@@H]4O[C@@H]5COC(=O)c6cc(O)c(O)c(O)c6-c6c(cc(O)c(O)c6O)C(=O)O[C@H]5[C@H](O)[C@H]4O)c(C)c3O2)cc1. The molecule has 9 N–H and O–H groups in total. The molecule has 7 rings (SSSR count). The highest BCUT2D eigenvalue weighted by Gasteiger charge is 2.50. The fourth-order valence-corrected chi connectivity index (χ4v) is 7.30. The third-order valence-electron chi connectivity index (χ3n) is 10.2. The highest BCUT2D eigenvalue weighted by atomic mass is 16.6. The molecule has 0 bridgehead atoms. The van der Waals surface area contributed by atoms with Crippen molar-refractivity contribution in [3.63, 3.8) is 0 Å². The Morgan fingerprint density at radius 2 is 1.27 bits per heavy atom. The van der Waals surface area contributed by atoms with Crippen LogP contribution >= 0.6 is 0 Å². The lowest BCUT2D eigenvalue weighted by atomic mass is 9.83. The predicted molar refractivity (Wildman–Crippen MR) is 184 cm³/mol. The minimum Gasteiger partial charge on any atom is -0.507 e. The summed E-state index contributed by atoms with van der Waals surface area (Å²) >= 11 is 0. The highest BCUT2D eigenvalue weighted by molar-refractivity contribution is 6.08. The summed E-state index contributed by atoms with van der Waals surface area (Å²) in [6.45, 7) is 2.16. The molecule has 6 atom stereocenters. The van der Waals surface area contributed by atoms with Crippen molar-refractivity contribution in [2.24, 2.45) is 0 Å². The van der Waals surface area contributed by atoms with Crippen molar-refractivity contribution < 1.29 is 84.0 Å². The van der Waals surface area contributed by atoms with E-state index in [0.717, 1.165) is 0 Å². The van der Waals surface area contributed by atoms with Gasteiger partial charge in [-0.1, -0.05) is 12.1 Å². The summed E-state index contributed by atoms with van der Waals surface area (Å²) in [5.74, 6) is -10.1. The number of carbonyl (C=O) groups is 3. The van der Waals surface area contributed by atoms with Gasteiger partial charge in [-0.25, -0.2) is 9.59 Å². The summed E-state index contributed by atoms with van der Waals surface area (Å²) in [7, 11) is 1.50. The van der Waals surface area contributed by atoms with Crippen molar-refractivity contribution >= 4 is 17.7 Å². The molecule has 55 heavy (non-hydrogen) atoms.